The lowest BCUT2D eigenvalue weighted by Crippen LogP contribution is -2.18. The van der Waals surface area contributed by atoms with E-state index in [0.717, 1.165) is 47.1 Å². The largest absolute Gasteiger partial charge is 0.478 e. The molecule has 0 aliphatic heterocycles. The van der Waals surface area contributed by atoms with Gasteiger partial charge in [-0.3, -0.25) is 4.98 Å². The zero-order valence-electron chi connectivity index (χ0n) is 15.3. The average molecular weight is 350 g/mol. The number of aryl methyl sites for hydroxylation is 3. The Morgan fingerprint density at radius 2 is 2.08 bits per heavy atom. The summed E-state index contributed by atoms with van der Waals surface area (Å²) in [5, 5.41) is 15.5. The standard InChI is InChI=1S/C20H22N4O2/c1-4-24-19-15(12(3)23-24)16(14-8-11(2)9-21-10-14)17(20(25)26)18(22-19)13-6-5-7-13/h8-10,13H,4-7H2,1-3H3,(H,25,26). The van der Waals surface area contributed by atoms with E-state index in [9.17, 15) is 9.90 Å². The van der Waals surface area contributed by atoms with Crippen LogP contribution in [0.15, 0.2) is 18.5 Å². The van der Waals surface area contributed by atoms with Gasteiger partial charge in [-0.05, 0) is 45.2 Å². The first kappa shape index (κ1) is 16.7. The lowest BCUT2D eigenvalue weighted by atomic mass is 9.79. The number of pyridine rings is 2. The van der Waals surface area contributed by atoms with Gasteiger partial charge in [-0.1, -0.05) is 6.42 Å². The van der Waals surface area contributed by atoms with Gasteiger partial charge >= 0.3 is 5.97 Å². The highest BCUT2D eigenvalue weighted by atomic mass is 16.4. The Bertz CT molecular complexity index is 1020. The van der Waals surface area contributed by atoms with Gasteiger partial charge in [0.25, 0.3) is 0 Å². The number of hydrogen-bond donors (Lipinski definition) is 1. The van der Waals surface area contributed by atoms with Crippen molar-refractivity contribution < 1.29 is 9.90 Å². The minimum absolute atomic E-state index is 0.211. The summed E-state index contributed by atoms with van der Waals surface area (Å²) in [7, 11) is 0. The van der Waals surface area contributed by atoms with E-state index in [0.29, 0.717) is 23.4 Å². The molecular formula is C20H22N4O2. The molecular weight excluding hydrogens is 328 g/mol. The number of carboxylic acids is 1. The van der Waals surface area contributed by atoms with Crippen molar-refractivity contribution in [2.75, 3.05) is 0 Å². The van der Waals surface area contributed by atoms with Crippen LogP contribution in [0.25, 0.3) is 22.2 Å². The molecule has 1 saturated carbocycles. The number of hydrogen-bond acceptors (Lipinski definition) is 4. The number of aromatic carboxylic acids is 1. The quantitative estimate of drug-likeness (QED) is 0.766. The topological polar surface area (TPSA) is 80.9 Å². The molecule has 4 rings (SSSR count). The van der Waals surface area contributed by atoms with Gasteiger partial charge in [-0.2, -0.15) is 5.10 Å². The van der Waals surface area contributed by atoms with Gasteiger partial charge in [-0.15, -0.1) is 0 Å². The molecule has 3 aromatic rings. The number of nitrogens with zero attached hydrogens (tertiary/aromatic N) is 4. The second-order valence-electron chi connectivity index (χ2n) is 7.03. The molecule has 134 valence electrons. The highest BCUT2D eigenvalue weighted by Crippen LogP contribution is 2.42. The van der Waals surface area contributed by atoms with Crippen LogP contribution in [0.5, 0.6) is 0 Å². The summed E-state index contributed by atoms with van der Waals surface area (Å²) in [5.41, 5.74) is 5.10. The molecule has 0 amide bonds. The van der Waals surface area contributed by atoms with E-state index in [1.54, 1.807) is 12.4 Å². The first-order valence-corrected chi connectivity index (χ1v) is 9.07. The minimum atomic E-state index is -0.929. The number of aromatic nitrogens is 4. The van der Waals surface area contributed by atoms with Crippen molar-refractivity contribution >= 4 is 17.0 Å². The summed E-state index contributed by atoms with van der Waals surface area (Å²) in [6.07, 6.45) is 6.61. The lowest BCUT2D eigenvalue weighted by Gasteiger charge is -2.27. The molecule has 1 aliphatic rings. The molecule has 0 atom stereocenters. The summed E-state index contributed by atoms with van der Waals surface area (Å²) in [6.45, 7) is 6.59. The van der Waals surface area contributed by atoms with Crippen molar-refractivity contribution in [3.05, 3.63) is 41.0 Å². The summed E-state index contributed by atoms with van der Waals surface area (Å²) < 4.78 is 1.87. The molecule has 0 saturated heterocycles. The zero-order chi connectivity index (χ0) is 18.4. The highest BCUT2D eigenvalue weighted by Gasteiger charge is 2.32. The highest BCUT2D eigenvalue weighted by molar-refractivity contribution is 6.07. The summed E-state index contributed by atoms with van der Waals surface area (Å²) >= 11 is 0. The van der Waals surface area contributed by atoms with Gasteiger partial charge in [0, 0.05) is 36.0 Å². The van der Waals surface area contributed by atoms with Gasteiger partial charge in [-0.25, -0.2) is 14.5 Å². The number of carbonyl (C=O) groups is 1. The van der Waals surface area contributed by atoms with E-state index in [1.165, 1.54) is 0 Å². The van der Waals surface area contributed by atoms with Crippen molar-refractivity contribution in [2.24, 2.45) is 0 Å². The number of rotatable bonds is 4. The van der Waals surface area contributed by atoms with Crippen LogP contribution in [-0.2, 0) is 6.54 Å². The van der Waals surface area contributed by atoms with E-state index >= 15 is 0 Å². The Balaban J connectivity index is 2.16. The second-order valence-corrected chi connectivity index (χ2v) is 7.03. The normalized spacial score (nSPS) is 14.6. The van der Waals surface area contributed by atoms with Crippen molar-refractivity contribution in [3.8, 4) is 11.1 Å². The van der Waals surface area contributed by atoms with Gasteiger partial charge in [0.1, 0.15) is 0 Å². The Labute approximate surface area is 151 Å². The Morgan fingerprint density at radius 3 is 2.65 bits per heavy atom. The molecule has 26 heavy (non-hydrogen) atoms. The van der Waals surface area contributed by atoms with Crippen LogP contribution in [0.3, 0.4) is 0 Å². The maximum Gasteiger partial charge on any atom is 0.338 e. The molecule has 1 fully saturated rings. The first-order chi connectivity index (χ1) is 12.5. The van der Waals surface area contributed by atoms with Crippen LogP contribution < -0.4 is 0 Å². The molecule has 0 bridgehead atoms. The summed E-state index contributed by atoms with van der Waals surface area (Å²) in [6, 6.07) is 1.99. The lowest BCUT2D eigenvalue weighted by molar-refractivity contribution is 0.0694. The Hall–Kier alpha value is -2.76. The molecule has 1 aliphatic carbocycles. The van der Waals surface area contributed by atoms with Crippen LogP contribution in [0.2, 0.25) is 0 Å². The SMILES string of the molecule is CCn1nc(C)c2c(-c3cncc(C)c3)c(C(=O)O)c(C3CCC3)nc21. The maximum atomic E-state index is 12.3. The van der Waals surface area contributed by atoms with Crippen LogP contribution in [0, 0.1) is 13.8 Å². The first-order valence-electron chi connectivity index (χ1n) is 9.07. The third kappa shape index (κ3) is 2.48. The smallest absolute Gasteiger partial charge is 0.338 e. The third-order valence-corrected chi connectivity index (χ3v) is 5.25. The van der Waals surface area contributed by atoms with Crippen LogP contribution in [-0.4, -0.2) is 30.8 Å². The molecule has 1 N–H and O–H groups in total. The molecule has 0 radical (unpaired) electrons. The maximum absolute atomic E-state index is 12.3. The molecule has 3 heterocycles. The third-order valence-electron chi connectivity index (χ3n) is 5.25. The molecule has 0 spiro atoms. The number of fused-ring (bicyclic) bond motifs is 1. The van der Waals surface area contributed by atoms with E-state index in [-0.39, 0.29) is 5.92 Å². The molecule has 6 nitrogen and oxygen atoms in total. The molecule has 6 heteroatoms. The summed E-state index contributed by atoms with van der Waals surface area (Å²) in [4.78, 5) is 21.4. The van der Waals surface area contributed by atoms with Crippen LogP contribution in [0.4, 0.5) is 0 Å². The molecule has 0 aromatic carbocycles. The van der Waals surface area contributed by atoms with Gasteiger partial charge < -0.3 is 5.11 Å². The summed E-state index contributed by atoms with van der Waals surface area (Å²) in [5.74, 6) is -0.719. The molecule has 0 unspecified atom stereocenters. The Kier molecular flexibility index (Phi) is 3.98. The van der Waals surface area contributed by atoms with E-state index in [1.807, 2.05) is 31.5 Å². The second kappa shape index (κ2) is 6.20. The average Bonchev–Trinajstić information content (AvgIpc) is 2.88. The van der Waals surface area contributed by atoms with Crippen LogP contribution >= 0.6 is 0 Å². The predicted octanol–water partition coefficient (Wildman–Crippen LogP) is 4.10. The van der Waals surface area contributed by atoms with Gasteiger partial charge in [0.15, 0.2) is 5.65 Å². The fourth-order valence-electron chi connectivity index (χ4n) is 3.79. The van der Waals surface area contributed by atoms with Gasteiger partial charge in [0.2, 0.25) is 0 Å². The fourth-order valence-corrected chi connectivity index (χ4v) is 3.79. The zero-order valence-corrected chi connectivity index (χ0v) is 15.3. The molecule has 3 aromatic heterocycles. The van der Waals surface area contributed by atoms with Gasteiger partial charge in [0.05, 0.1) is 22.3 Å². The minimum Gasteiger partial charge on any atom is -0.478 e. The van der Waals surface area contributed by atoms with E-state index in [4.69, 9.17) is 4.98 Å². The fraction of sp³-hybridized carbons (Fsp3) is 0.400. The van der Waals surface area contributed by atoms with Crippen molar-refractivity contribution in [1.82, 2.24) is 19.7 Å². The monoisotopic (exact) mass is 350 g/mol. The van der Waals surface area contributed by atoms with Crippen molar-refractivity contribution in [3.63, 3.8) is 0 Å². The van der Waals surface area contributed by atoms with Crippen molar-refractivity contribution in [2.45, 2.75) is 52.5 Å². The van der Waals surface area contributed by atoms with Crippen molar-refractivity contribution in [1.29, 1.82) is 0 Å². The van der Waals surface area contributed by atoms with E-state index in [2.05, 4.69) is 10.1 Å². The van der Waals surface area contributed by atoms with E-state index < -0.39 is 5.97 Å². The predicted molar refractivity (Wildman–Crippen MR) is 99.5 cm³/mol. The Morgan fingerprint density at radius 1 is 1.31 bits per heavy atom. The number of carboxylic acid groups (broad SMARTS) is 1. The van der Waals surface area contributed by atoms with Crippen LogP contribution in [0.1, 0.15) is 59.4 Å².